The van der Waals surface area contributed by atoms with Gasteiger partial charge < -0.3 is 19.9 Å². The molecular weight excluding hydrogens is 242 g/mol. The van der Waals surface area contributed by atoms with Gasteiger partial charge in [0.1, 0.15) is 12.4 Å². The fourth-order valence-electron chi connectivity index (χ4n) is 2.62. The van der Waals surface area contributed by atoms with E-state index in [4.69, 9.17) is 19.9 Å². The Bertz CT molecular complexity index is 254. The monoisotopic (exact) mass is 271 g/mol. The lowest BCUT2D eigenvalue weighted by molar-refractivity contribution is -0.134. The Hall–Kier alpha value is -0.420. The second-order valence-corrected chi connectivity index (χ2v) is 5.48. The molecule has 0 spiro atoms. The topological polar surface area (TPSA) is 53.7 Å². The Morgan fingerprint density at radius 3 is 2.58 bits per heavy atom. The minimum atomic E-state index is -0.519. The van der Waals surface area contributed by atoms with Crippen LogP contribution in [0.25, 0.3) is 0 Å². The van der Waals surface area contributed by atoms with Crippen molar-refractivity contribution in [3.05, 3.63) is 12.7 Å². The van der Waals surface area contributed by atoms with Crippen LogP contribution in [0.1, 0.15) is 39.0 Å². The van der Waals surface area contributed by atoms with Gasteiger partial charge in [0, 0.05) is 13.2 Å². The van der Waals surface area contributed by atoms with Crippen LogP contribution in [0.2, 0.25) is 0 Å². The summed E-state index contributed by atoms with van der Waals surface area (Å²) >= 11 is 0. The molecule has 1 rings (SSSR count). The second kappa shape index (κ2) is 8.69. The lowest BCUT2D eigenvalue weighted by atomic mass is 9.77. The number of hydrogen-bond acceptors (Lipinski definition) is 4. The predicted molar refractivity (Wildman–Crippen MR) is 76.9 cm³/mol. The van der Waals surface area contributed by atoms with E-state index in [1.807, 2.05) is 13.0 Å². The summed E-state index contributed by atoms with van der Waals surface area (Å²) in [7, 11) is 1.65. The molecule has 0 aromatic heterocycles. The van der Waals surface area contributed by atoms with Crippen LogP contribution in [0, 0.1) is 5.92 Å². The van der Waals surface area contributed by atoms with E-state index in [2.05, 4.69) is 6.58 Å². The van der Waals surface area contributed by atoms with Gasteiger partial charge in [0.2, 0.25) is 0 Å². The fourth-order valence-corrected chi connectivity index (χ4v) is 2.62. The Morgan fingerprint density at radius 1 is 1.32 bits per heavy atom. The molecule has 1 aliphatic rings. The summed E-state index contributed by atoms with van der Waals surface area (Å²) in [6, 6.07) is -0.0173. The SMILES string of the molecule is C=C[C@@](C)(OCOCCOC)[C@H](N)C1CCCCC1. The number of ether oxygens (including phenoxy) is 3. The van der Waals surface area contributed by atoms with Gasteiger partial charge in [-0.1, -0.05) is 25.3 Å². The lowest BCUT2D eigenvalue weighted by Crippen LogP contribution is -2.51. The number of methoxy groups -OCH3 is 1. The Balaban J connectivity index is 2.40. The highest BCUT2D eigenvalue weighted by Gasteiger charge is 2.35. The zero-order chi connectivity index (χ0) is 14.1. The average molecular weight is 271 g/mol. The van der Waals surface area contributed by atoms with E-state index in [0.29, 0.717) is 19.1 Å². The summed E-state index contributed by atoms with van der Waals surface area (Å²) in [4.78, 5) is 0. The summed E-state index contributed by atoms with van der Waals surface area (Å²) in [6.07, 6.45) is 8.07. The van der Waals surface area contributed by atoms with Gasteiger partial charge in [-0.25, -0.2) is 0 Å². The molecule has 4 heteroatoms. The van der Waals surface area contributed by atoms with Gasteiger partial charge in [0.05, 0.1) is 13.2 Å². The van der Waals surface area contributed by atoms with Crippen molar-refractivity contribution >= 4 is 0 Å². The van der Waals surface area contributed by atoms with Crippen molar-refractivity contribution < 1.29 is 14.2 Å². The van der Waals surface area contributed by atoms with Crippen molar-refractivity contribution in [2.75, 3.05) is 27.1 Å². The molecule has 0 aliphatic heterocycles. The van der Waals surface area contributed by atoms with E-state index >= 15 is 0 Å². The summed E-state index contributed by atoms with van der Waals surface area (Å²) in [5.74, 6) is 0.524. The van der Waals surface area contributed by atoms with E-state index < -0.39 is 5.60 Å². The smallest absolute Gasteiger partial charge is 0.148 e. The summed E-state index contributed by atoms with van der Waals surface area (Å²) in [5, 5.41) is 0. The molecule has 0 saturated heterocycles. The zero-order valence-corrected chi connectivity index (χ0v) is 12.4. The quantitative estimate of drug-likeness (QED) is 0.398. The van der Waals surface area contributed by atoms with Gasteiger partial charge >= 0.3 is 0 Å². The largest absolute Gasteiger partial charge is 0.382 e. The zero-order valence-electron chi connectivity index (χ0n) is 12.4. The molecule has 0 unspecified atom stereocenters. The molecule has 0 radical (unpaired) electrons. The number of rotatable bonds is 9. The molecule has 0 aromatic carbocycles. The Kier molecular flexibility index (Phi) is 7.61. The van der Waals surface area contributed by atoms with Gasteiger partial charge in [-0.3, -0.25) is 0 Å². The Labute approximate surface area is 117 Å². The first-order valence-electron chi connectivity index (χ1n) is 7.24. The lowest BCUT2D eigenvalue weighted by Gasteiger charge is -2.39. The first-order chi connectivity index (χ1) is 9.14. The molecule has 0 heterocycles. The molecular formula is C15H29NO3. The van der Waals surface area contributed by atoms with Crippen LogP contribution >= 0.6 is 0 Å². The van der Waals surface area contributed by atoms with Crippen LogP contribution in [0.4, 0.5) is 0 Å². The van der Waals surface area contributed by atoms with Crippen molar-refractivity contribution in [1.29, 1.82) is 0 Å². The summed E-state index contributed by atoms with van der Waals surface area (Å²) < 4.78 is 16.1. The fraction of sp³-hybridized carbons (Fsp3) is 0.867. The molecule has 112 valence electrons. The third-order valence-corrected chi connectivity index (χ3v) is 4.11. The van der Waals surface area contributed by atoms with E-state index in [9.17, 15) is 0 Å². The van der Waals surface area contributed by atoms with Crippen molar-refractivity contribution in [2.24, 2.45) is 11.7 Å². The molecule has 19 heavy (non-hydrogen) atoms. The molecule has 0 bridgehead atoms. The van der Waals surface area contributed by atoms with Crippen LogP contribution in [-0.4, -0.2) is 38.8 Å². The van der Waals surface area contributed by atoms with Crippen molar-refractivity contribution in [3.63, 3.8) is 0 Å². The molecule has 2 atom stereocenters. The van der Waals surface area contributed by atoms with Gasteiger partial charge in [0.15, 0.2) is 0 Å². The van der Waals surface area contributed by atoms with Crippen LogP contribution in [-0.2, 0) is 14.2 Å². The third kappa shape index (κ3) is 5.22. The summed E-state index contributed by atoms with van der Waals surface area (Å²) in [5.41, 5.74) is 5.88. The van der Waals surface area contributed by atoms with E-state index in [-0.39, 0.29) is 12.8 Å². The average Bonchev–Trinajstić information content (AvgIpc) is 2.47. The normalized spacial score (nSPS) is 21.8. The van der Waals surface area contributed by atoms with Crippen molar-refractivity contribution in [2.45, 2.75) is 50.7 Å². The maximum Gasteiger partial charge on any atom is 0.148 e. The highest BCUT2D eigenvalue weighted by Crippen LogP contribution is 2.32. The van der Waals surface area contributed by atoms with Gasteiger partial charge in [-0.15, -0.1) is 6.58 Å². The highest BCUT2D eigenvalue weighted by molar-refractivity contribution is 5.04. The number of nitrogens with two attached hydrogens (primary N) is 1. The van der Waals surface area contributed by atoms with Crippen molar-refractivity contribution in [3.8, 4) is 0 Å². The minimum Gasteiger partial charge on any atom is -0.382 e. The van der Waals surface area contributed by atoms with Crippen LogP contribution < -0.4 is 5.73 Å². The van der Waals surface area contributed by atoms with Crippen LogP contribution in [0.15, 0.2) is 12.7 Å². The highest BCUT2D eigenvalue weighted by atomic mass is 16.7. The molecule has 1 fully saturated rings. The van der Waals surface area contributed by atoms with Crippen molar-refractivity contribution in [1.82, 2.24) is 0 Å². The van der Waals surface area contributed by atoms with Gasteiger partial charge in [0.25, 0.3) is 0 Å². The minimum absolute atomic E-state index is 0.0173. The third-order valence-electron chi connectivity index (χ3n) is 4.11. The predicted octanol–water partition coefficient (Wildman–Crippen LogP) is 2.48. The molecule has 2 N–H and O–H groups in total. The second-order valence-electron chi connectivity index (χ2n) is 5.48. The molecule has 1 saturated carbocycles. The van der Waals surface area contributed by atoms with Crippen LogP contribution in [0.5, 0.6) is 0 Å². The van der Waals surface area contributed by atoms with E-state index in [0.717, 1.165) is 0 Å². The maximum atomic E-state index is 6.40. The molecule has 4 nitrogen and oxygen atoms in total. The van der Waals surface area contributed by atoms with Gasteiger partial charge in [-0.2, -0.15) is 0 Å². The van der Waals surface area contributed by atoms with Crippen LogP contribution in [0.3, 0.4) is 0 Å². The Morgan fingerprint density at radius 2 is 2.00 bits per heavy atom. The first kappa shape index (κ1) is 16.6. The molecule has 0 aromatic rings. The molecule has 1 aliphatic carbocycles. The van der Waals surface area contributed by atoms with Gasteiger partial charge in [-0.05, 0) is 25.7 Å². The van der Waals surface area contributed by atoms with E-state index in [1.54, 1.807) is 7.11 Å². The number of hydrogen-bond donors (Lipinski definition) is 1. The molecule has 0 amide bonds. The van der Waals surface area contributed by atoms with E-state index in [1.165, 1.54) is 32.1 Å². The standard InChI is InChI=1S/C15H29NO3/c1-4-15(2,19-12-18-11-10-17-3)14(16)13-8-6-5-7-9-13/h4,13-14H,1,5-12,16H2,2-3H3/t14-,15-/m1/s1. The maximum absolute atomic E-state index is 6.40. The first-order valence-corrected chi connectivity index (χ1v) is 7.24. The summed E-state index contributed by atoms with van der Waals surface area (Å²) in [6.45, 7) is 7.21.